The Hall–Kier alpha value is -1.04. The molecule has 0 aliphatic carbocycles. The molecule has 0 saturated carbocycles. The third-order valence-electron chi connectivity index (χ3n) is 0.861. The van der Waals surface area contributed by atoms with Gasteiger partial charge >= 0.3 is 5.97 Å². The summed E-state index contributed by atoms with van der Waals surface area (Å²) in [5.41, 5.74) is -0.438. The molecule has 11 heavy (non-hydrogen) atoms. The number of nitriles is 1. The van der Waals surface area contributed by atoms with E-state index in [1.807, 2.05) is 6.07 Å². The van der Waals surface area contributed by atoms with E-state index in [9.17, 15) is 4.79 Å². The van der Waals surface area contributed by atoms with Gasteiger partial charge in [0, 0.05) is 6.42 Å². The summed E-state index contributed by atoms with van der Waals surface area (Å²) >= 11 is 0. The van der Waals surface area contributed by atoms with Crippen molar-refractivity contribution in [2.24, 2.45) is 0 Å². The number of carbonyl (C=O) groups is 1. The van der Waals surface area contributed by atoms with E-state index in [0.717, 1.165) is 0 Å². The molecule has 3 nitrogen and oxygen atoms in total. The molecule has 0 aromatic rings. The van der Waals surface area contributed by atoms with Crippen molar-refractivity contribution in [1.29, 1.82) is 5.26 Å². The minimum Gasteiger partial charge on any atom is -0.460 e. The van der Waals surface area contributed by atoms with Crippen molar-refractivity contribution in [2.45, 2.75) is 39.2 Å². The fourth-order valence-electron chi connectivity index (χ4n) is 0.551. The molecule has 0 bridgehead atoms. The standard InChI is InChI=1S/C8H13NO2/c1-8(2,3)11-7(10)5-4-6-9/h4-5H2,1-3H3. The number of ether oxygens (including phenoxy) is 1. The van der Waals surface area contributed by atoms with Crippen LogP contribution >= 0.6 is 0 Å². The Morgan fingerprint density at radius 1 is 1.55 bits per heavy atom. The van der Waals surface area contributed by atoms with Crippen molar-refractivity contribution in [1.82, 2.24) is 0 Å². The van der Waals surface area contributed by atoms with Crippen molar-refractivity contribution in [3.63, 3.8) is 0 Å². The molecule has 0 rings (SSSR count). The van der Waals surface area contributed by atoms with Gasteiger partial charge in [0.1, 0.15) is 5.60 Å². The van der Waals surface area contributed by atoms with Crippen LogP contribution in [0.15, 0.2) is 0 Å². The highest BCUT2D eigenvalue weighted by Crippen LogP contribution is 2.08. The molecule has 62 valence electrons. The van der Waals surface area contributed by atoms with Crippen LogP contribution in [-0.2, 0) is 9.53 Å². The molecule has 0 saturated heterocycles. The van der Waals surface area contributed by atoms with E-state index < -0.39 is 5.60 Å². The molecule has 0 fully saturated rings. The molecule has 0 atom stereocenters. The molecule has 0 unspecified atom stereocenters. The van der Waals surface area contributed by atoms with E-state index >= 15 is 0 Å². The number of nitrogens with zero attached hydrogens (tertiary/aromatic N) is 1. The molecule has 0 N–H and O–H groups in total. The first-order chi connectivity index (χ1) is 4.95. The Kier molecular flexibility index (Phi) is 3.59. The summed E-state index contributed by atoms with van der Waals surface area (Å²) in [5, 5.41) is 8.16. The van der Waals surface area contributed by atoms with Crippen molar-refractivity contribution < 1.29 is 9.53 Å². The zero-order valence-corrected chi connectivity index (χ0v) is 7.18. The van der Waals surface area contributed by atoms with Gasteiger partial charge in [0.25, 0.3) is 0 Å². The second-order valence-electron chi connectivity index (χ2n) is 3.24. The van der Waals surface area contributed by atoms with E-state index in [0.29, 0.717) is 0 Å². The molecule has 3 heteroatoms. The van der Waals surface area contributed by atoms with Crippen LogP contribution in [0.2, 0.25) is 0 Å². The van der Waals surface area contributed by atoms with Crippen molar-refractivity contribution in [2.75, 3.05) is 0 Å². The quantitative estimate of drug-likeness (QED) is 0.569. The fourth-order valence-corrected chi connectivity index (χ4v) is 0.551. The molecule has 0 aromatic carbocycles. The topological polar surface area (TPSA) is 50.1 Å². The molecule has 0 aliphatic rings. The van der Waals surface area contributed by atoms with Gasteiger partial charge in [-0.05, 0) is 20.8 Å². The summed E-state index contributed by atoms with van der Waals surface area (Å²) < 4.78 is 4.95. The largest absolute Gasteiger partial charge is 0.460 e. The smallest absolute Gasteiger partial charge is 0.307 e. The van der Waals surface area contributed by atoms with E-state index in [-0.39, 0.29) is 18.8 Å². The summed E-state index contributed by atoms with van der Waals surface area (Å²) in [5.74, 6) is -0.306. The lowest BCUT2D eigenvalue weighted by atomic mass is 10.2. The molecular formula is C8H13NO2. The highest BCUT2D eigenvalue weighted by atomic mass is 16.6. The second kappa shape index (κ2) is 3.97. The number of esters is 1. The molecule has 0 aromatic heterocycles. The lowest BCUT2D eigenvalue weighted by Gasteiger charge is -2.18. The number of rotatable bonds is 2. The third kappa shape index (κ3) is 6.85. The SMILES string of the molecule is CC(C)(C)OC(=O)CCC#N. The van der Waals surface area contributed by atoms with Gasteiger partial charge in [-0.15, -0.1) is 0 Å². The fraction of sp³-hybridized carbons (Fsp3) is 0.750. The number of hydrogen-bond acceptors (Lipinski definition) is 3. The van der Waals surface area contributed by atoms with Crippen LogP contribution in [0.1, 0.15) is 33.6 Å². The van der Waals surface area contributed by atoms with Gasteiger partial charge in [-0.25, -0.2) is 0 Å². The first-order valence-electron chi connectivity index (χ1n) is 3.54. The predicted molar refractivity (Wildman–Crippen MR) is 40.7 cm³/mol. The highest BCUT2D eigenvalue weighted by molar-refractivity contribution is 5.70. The Labute approximate surface area is 67.0 Å². The Balaban J connectivity index is 3.64. The molecular weight excluding hydrogens is 142 g/mol. The molecule has 0 aliphatic heterocycles. The van der Waals surface area contributed by atoms with Crippen LogP contribution < -0.4 is 0 Å². The molecule has 0 spiro atoms. The number of carbonyl (C=O) groups excluding carboxylic acids is 1. The second-order valence-corrected chi connectivity index (χ2v) is 3.24. The molecule has 0 amide bonds. The maximum Gasteiger partial charge on any atom is 0.307 e. The van der Waals surface area contributed by atoms with E-state index in [1.54, 1.807) is 20.8 Å². The minimum absolute atomic E-state index is 0.188. The van der Waals surface area contributed by atoms with E-state index in [1.165, 1.54) is 0 Å². The van der Waals surface area contributed by atoms with Gasteiger partial charge in [0.2, 0.25) is 0 Å². The zero-order valence-electron chi connectivity index (χ0n) is 7.18. The predicted octanol–water partition coefficient (Wildman–Crippen LogP) is 1.63. The summed E-state index contributed by atoms with van der Waals surface area (Å²) in [6, 6.07) is 1.88. The Morgan fingerprint density at radius 2 is 2.09 bits per heavy atom. The molecule has 0 radical (unpaired) electrons. The monoisotopic (exact) mass is 155 g/mol. The van der Waals surface area contributed by atoms with Crippen LogP contribution in [0.3, 0.4) is 0 Å². The average Bonchev–Trinajstić information content (AvgIpc) is 1.79. The summed E-state index contributed by atoms with van der Waals surface area (Å²) in [7, 11) is 0. The first-order valence-corrected chi connectivity index (χ1v) is 3.54. The lowest BCUT2D eigenvalue weighted by molar-refractivity contribution is -0.154. The summed E-state index contributed by atoms with van der Waals surface area (Å²) in [6.07, 6.45) is 0.419. The van der Waals surface area contributed by atoms with Gasteiger partial charge in [0.05, 0.1) is 12.5 Å². The normalized spacial score (nSPS) is 10.4. The van der Waals surface area contributed by atoms with Crippen LogP contribution in [0, 0.1) is 11.3 Å². The van der Waals surface area contributed by atoms with Crippen molar-refractivity contribution in [3.8, 4) is 6.07 Å². The first kappa shape index (κ1) is 9.96. The van der Waals surface area contributed by atoms with Gasteiger partial charge in [-0.2, -0.15) is 5.26 Å². The molecule has 0 heterocycles. The van der Waals surface area contributed by atoms with Gasteiger partial charge in [0.15, 0.2) is 0 Å². The van der Waals surface area contributed by atoms with Gasteiger partial charge in [-0.3, -0.25) is 4.79 Å². The maximum absolute atomic E-state index is 10.8. The lowest BCUT2D eigenvalue weighted by Crippen LogP contribution is -2.23. The summed E-state index contributed by atoms with van der Waals surface area (Å²) in [6.45, 7) is 5.41. The van der Waals surface area contributed by atoms with E-state index in [2.05, 4.69) is 0 Å². The third-order valence-corrected chi connectivity index (χ3v) is 0.861. The van der Waals surface area contributed by atoms with E-state index in [4.69, 9.17) is 10.00 Å². The Bertz CT molecular complexity index is 174. The highest BCUT2D eigenvalue weighted by Gasteiger charge is 2.15. The van der Waals surface area contributed by atoms with Gasteiger partial charge < -0.3 is 4.74 Å². The van der Waals surface area contributed by atoms with Crippen molar-refractivity contribution >= 4 is 5.97 Å². The van der Waals surface area contributed by atoms with Crippen LogP contribution in [0.4, 0.5) is 0 Å². The zero-order chi connectivity index (χ0) is 8.91. The number of hydrogen-bond donors (Lipinski definition) is 0. The van der Waals surface area contributed by atoms with Crippen molar-refractivity contribution in [3.05, 3.63) is 0 Å². The average molecular weight is 155 g/mol. The summed E-state index contributed by atoms with van der Waals surface area (Å²) in [4.78, 5) is 10.8. The van der Waals surface area contributed by atoms with Gasteiger partial charge in [-0.1, -0.05) is 0 Å². The van der Waals surface area contributed by atoms with Crippen LogP contribution in [-0.4, -0.2) is 11.6 Å². The maximum atomic E-state index is 10.8. The minimum atomic E-state index is -0.438. The van der Waals surface area contributed by atoms with Crippen LogP contribution in [0.25, 0.3) is 0 Å². The van der Waals surface area contributed by atoms with Crippen LogP contribution in [0.5, 0.6) is 0 Å². The Morgan fingerprint density at radius 3 is 2.45 bits per heavy atom.